The summed E-state index contributed by atoms with van der Waals surface area (Å²) < 4.78 is 0. The summed E-state index contributed by atoms with van der Waals surface area (Å²) in [7, 11) is 0. The predicted octanol–water partition coefficient (Wildman–Crippen LogP) is 1.95. The van der Waals surface area contributed by atoms with E-state index in [4.69, 9.17) is 0 Å². The predicted molar refractivity (Wildman–Crippen MR) is 72.7 cm³/mol. The molecule has 0 saturated carbocycles. The Morgan fingerprint density at radius 2 is 2.18 bits per heavy atom. The molecule has 0 aromatic carbocycles. The topological polar surface area (TPSA) is 57.8 Å². The van der Waals surface area contributed by atoms with Gasteiger partial charge in [-0.05, 0) is 40.7 Å². The van der Waals surface area contributed by atoms with Crippen LogP contribution >= 0.6 is 11.8 Å². The number of aryl methyl sites for hydroxylation is 1. The van der Waals surface area contributed by atoms with Crippen LogP contribution in [0.3, 0.4) is 0 Å². The number of H-pyrrole nitrogens is 1. The average molecular weight is 255 g/mol. The van der Waals surface area contributed by atoms with Crippen LogP contribution < -0.4 is 10.9 Å². The maximum atomic E-state index is 11.2. The zero-order valence-electron chi connectivity index (χ0n) is 11.0. The molecule has 0 radical (unpaired) electrons. The van der Waals surface area contributed by atoms with Crippen LogP contribution in [0.5, 0.6) is 0 Å². The van der Waals surface area contributed by atoms with Crippen LogP contribution in [0.2, 0.25) is 0 Å². The number of aromatic amines is 1. The SMILES string of the molecule is Cc1cc(=O)[nH]c(SCCCNC(C)(C)C)n1. The molecule has 1 rings (SSSR count). The molecule has 1 aromatic rings. The molecule has 1 heterocycles. The Kier molecular flexibility index (Phi) is 5.21. The van der Waals surface area contributed by atoms with E-state index in [2.05, 4.69) is 36.1 Å². The highest BCUT2D eigenvalue weighted by atomic mass is 32.2. The highest BCUT2D eigenvalue weighted by molar-refractivity contribution is 7.99. The minimum atomic E-state index is -0.0761. The number of aromatic nitrogens is 2. The van der Waals surface area contributed by atoms with Crippen LogP contribution in [0, 0.1) is 6.92 Å². The molecule has 0 aliphatic rings. The van der Waals surface area contributed by atoms with Crippen molar-refractivity contribution in [2.24, 2.45) is 0 Å². The van der Waals surface area contributed by atoms with Crippen molar-refractivity contribution >= 4 is 11.8 Å². The summed E-state index contributed by atoms with van der Waals surface area (Å²) in [5, 5.41) is 4.14. The van der Waals surface area contributed by atoms with Gasteiger partial charge in [-0.1, -0.05) is 11.8 Å². The van der Waals surface area contributed by atoms with Crippen LogP contribution in [0.4, 0.5) is 0 Å². The first-order chi connectivity index (χ1) is 7.87. The molecular weight excluding hydrogens is 234 g/mol. The molecule has 1 aromatic heterocycles. The molecule has 5 heteroatoms. The van der Waals surface area contributed by atoms with Gasteiger partial charge in [-0.3, -0.25) is 4.79 Å². The van der Waals surface area contributed by atoms with Gasteiger partial charge in [-0.2, -0.15) is 0 Å². The van der Waals surface area contributed by atoms with Gasteiger partial charge < -0.3 is 10.3 Å². The standard InChI is InChI=1S/C12H21N3OS/c1-9-8-10(16)15-11(14-9)17-7-5-6-13-12(2,3)4/h8,13H,5-7H2,1-4H3,(H,14,15,16). The van der Waals surface area contributed by atoms with E-state index < -0.39 is 0 Å². The quantitative estimate of drug-likeness (QED) is 0.480. The minimum absolute atomic E-state index is 0.0761. The van der Waals surface area contributed by atoms with E-state index in [9.17, 15) is 4.79 Å². The van der Waals surface area contributed by atoms with Gasteiger partial charge >= 0.3 is 0 Å². The van der Waals surface area contributed by atoms with Crippen molar-refractivity contribution in [3.63, 3.8) is 0 Å². The van der Waals surface area contributed by atoms with Gasteiger partial charge in [-0.15, -0.1) is 0 Å². The lowest BCUT2D eigenvalue weighted by atomic mass is 10.1. The third-order valence-electron chi connectivity index (χ3n) is 2.06. The van der Waals surface area contributed by atoms with E-state index in [1.54, 1.807) is 11.8 Å². The van der Waals surface area contributed by atoms with Gasteiger partial charge in [0, 0.05) is 23.1 Å². The average Bonchev–Trinajstić information content (AvgIpc) is 2.13. The Bertz CT molecular complexity index is 409. The maximum Gasteiger partial charge on any atom is 0.251 e. The molecule has 0 fully saturated rings. The van der Waals surface area contributed by atoms with Crippen molar-refractivity contribution in [1.82, 2.24) is 15.3 Å². The number of nitrogens with one attached hydrogen (secondary N) is 2. The van der Waals surface area contributed by atoms with Crippen molar-refractivity contribution in [3.05, 3.63) is 22.1 Å². The first-order valence-electron chi connectivity index (χ1n) is 5.83. The van der Waals surface area contributed by atoms with E-state index in [1.807, 2.05) is 6.92 Å². The number of rotatable bonds is 5. The normalized spacial score (nSPS) is 11.8. The molecule has 0 spiro atoms. The van der Waals surface area contributed by atoms with Crippen molar-refractivity contribution in [1.29, 1.82) is 0 Å². The van der Waals surface area contributed by atoms with Crippen LogP contribution in [0.25, 0.3) is 0 Å². The van der Waals surface area contributed by atoms with Crippen LogP contribution in [0.15, 0.2) is 16.0 Å². The van der Waals surface area contributed by atoms with Gasteiger partial charge in [0.15, 0.2) is 5.16 Å². The van der Waals surface area contributed by atoms with Gasteiger partial charge in [0.2, 0.25) is 0 Å². The summed E-state index contributed by atoms with van der Waals surface area (Å²) in [6.45, 7) is 9.27. The summed E-state index contributed by atoms with van der Waals surface area (Å²) in [5.41, 5.74) is 0.859. The third kappa shape index (κ3) is 6.48. The maximum absolute atomic E-state index is 11.2. The lowest BCUT2D eigenvalue weighted by molar-refractivity contribution is 0.427. The van der Waals surface area contributed by atoms with E-state index in [-0.39, 0.29) is 11.1 Å². The van der Waals surface area contributed by atoms with Crippen LogP contribution in [-0.2, 0) is 0 Å². The van der Waals surface area contributed by atoms with E-state index in [0.29, 0.717) is 5.16 Å². The molecular formula is C12H21N3OS. The fraction of sp³-hybridized carbons (Fsp3) is 0.667. The van der Waals surface area contributed by atoms with Gasteiger partial charge in [0.05, 0.1) is 0 Å². The summed E-state index contributed by atoms with van der Waals surface area (Å²) in [4.78, 5) is 18.2. The van der Waals surface area contributed by atoms with E-state index in [1.165, 1.54) is 6.07 Å². The van der Waals surface area contributed by atoms with Gasteiger partial charge in [-0.25, -0.2) is 4.98 Å². The summed E-state index contributed by atoms with van der Waals surface area (Å²) >= 11 is 1.59. The number of hydrogen-bond acceptors (Lipinski definition) is 4. The Labute approximate surface area is 107 Å². The van der Waals surface area contributed by atoms with E-state index in [0.717, 1.165) is 24.4 Å². The molecule has 0 amide bonds. The zero-order valence-corrected chi connectivity index (χ0v) is 11.8. The molecule has 0 atom stereocenters. The van der Waals surface area contributed by atoms with Crippen molar-refractivity contribution in [2.45, 2.75) is 44.8 Å². The Hall–Kier alpha value is -0.810. The highest BCUT2D eigenvalue weighted by Crippen LogP contribution is 2.12. The smallest absolute Gasteiger partial charge is 0.251 e. The molecule has 0 aliphatic carbocycles. The van der Waals surface area contributed by atoms with Crippen LogP contribution in [-0.4, -0.2) is 27.8 Å². The second kappa shape index (κ2) is 6.21. The third-order valence-corrected chi connectivity index (χ3v) is 3.02. The van der Waals surface area contributed by atoms with Gasteiger partial charge in [0.1, 0.15) is 0 Å². The summed E-state index contributed by atoms with van der Waals surface area (Å²) in [6, 6.07) is 1.51. The highest BCUT2D eigenvalue weighted by Gasteiger charge is 2.07. The summed E-state index contributed by atoms with van der Waals surface area (Å²) in [6.07, 6.45) is 1.06. The lowest BCUT2D eigenvalue weighted by Crippen LogP contribution is -2.36. The molecule has 4 nitrogen and oxygen atoms in total. The fourth-order valence-electron chi connectivity index (χ4n) is 1.32. The summed E-state index contributed by atoms with van der Waals surface area (Å²) in [5.74, 6) is 0.954. The zero-order chi connectivity index (χ0) is 12.9. The van der Waals surface area contributed by atoms with Crippen molar-refractivity contribution < 1.29 is 0 Å². The first kappa shape index (κ1) is 14.3. The van der Waals surface area contributed by atoms with Crippen molar-refractivity contribution in [3.8, 4) is 0 Å². The molecule has 0 saturated heterocycles. The molecule has 96 valence electrons. The second-order valence-electron chi connectivity index (χ2n) is 5.07. The molecule has 0 bridgehead atoms. The monoisotopic (exact) mass is 255 g/mol. The second-order valence-corrected chi connectivity index (χ2v) is 6.15. The minimum Gasteiger partial charge on any atom is -0.312 e. The Morgan fingerprint density at radius 3 is 2.76 bits per heavy atom. The number of thioether (sulfide) groups is 1. The fourth-order valence-corrected chi connectivity index (χ4v) is 2.19. The molecule has 0 unspecified atom stereocenters. The van der Waals surface area contributed by atoms with Crippen molar-refractivity contribution in [2.75, 3.05) is 12.3 Å². The van der Waals surface area contributed by atoms with E-state index >= 15 is 0 Å². The van der Waals surface area contributed by atoms with Crippen LogP contribution in [0.1, 0.15) is 32.9 Å². The lowest BCUT2D eigenvalue weighted by Gasteiger charge is -2.20. The van der Waals surface area contributed by atoms with Gasteiger partial charge in [0.25, 0.3) is 5.56 Å². The Morgan fingerprint density at radius 1 is 1.47 bits per heavy atom. The number of nitrogens with zero attached hydrogens (tertiary/aromatic N) is 1. The molecule has 0 aliphatic heterocycles. The molecule has 17 heavy (non-hydrogen) atoms. The largest absolute Gasteiger partial charge is 0.312 e. The number of hydrogen-bond donors (Lipinski definition) is 2. The first-order valence-corrected chi connectivity index (χ1v) is 6.81. The molecule has 2 N–H and O–H groups in total. The Balaban J connectivity index is 2.29.